The molecule has 0 saturated heterocycles. The molecule has 1 aromatic carbocycles. The van der Waals surface area contributed by atoms with Crippen LogP contribution in [0.25, 0.3) is 0 Å². The van der Waals surface area contributed by atoms with Crippen LogP contribution in [0.3, 0.4) is 0 Å². The van der Waals surface area contributed by atoms with Gasteiger partial charge in [0.2, 0.25) is 5.91 Å². The molecule has 0 aromatic heterocycles. The second-order valence-electron chi connectivity index (χ2n) is 4.29. The zero-order valence-electron chi connectivity index (χ0n) is 13.0. The van der Waals surface area contributed by atoms with Crippen molar-refractivity contribution in [1.82, 2.24) is 5.43 Å². The Kier molecular flexibility index (Phi) is 8.04. The Balaban J connectivity index is 0.00000172. The predicted octanol–water partition coefficient (Wildman–Crippen LogP) is 2.91. The maximum absolute atomic E-state index is 11.4. The largest absolute Gasteiger partial charge is 0.465 e. The highest BCUT2D eigenvalue weighted by Gasteiger charge is 2.09. The van der Waals surface area contributed by atoms with Crippen molar-refractivity contribution in [3.05, 3.63) is 29.3 Å². The Labute approximate surface area is 120 Å². The van der Waals surface area contributed by atoms with Crippen LogP contribution in [-0.2, 0) is 9.53 Å². The summed E-state index contributed by atoms with van der Waals surface area (Å²) in [6, 6.07) is 5.07. The molecular weight excluding hydrogens is 256 g/mol. The average molecular weight is 280 g/mol. The van der Waals surface area contributed by atoms with Gasteiger partial charge in [-0.15, -0.1) is 0 Å². The number of methoxy groups -OCH3 is 1. The summed E-state index contributed by atoms with van der Waals surface area (Å²) in [6.45, 7) is 9.46. The summed E-state index contributed by atoms with van der Waals surface area (Å²) in [5, 5.41) is 0. The van der Waals surface area contributed by atoms with Gasteiger partial charge in [-0.25, -0.2) is 4.79 Å². The van der Waals surface area contributed by atoms with Crippen LogP contribution in [0.2, 0.25) is 0 Å². The quantitative estimate of drug-likeness (QED) is 0.657. The molecule has 0 radical (unpaired) electrons. The molecule has 1 amide bonds. The normalized spacial score (nSPS) is 9.35. The van der Waals surface area contributed by atoms with E-state index in [0.717, 1.165) is 11.3 Å². The number of nitrogens with one attached hydrogen (secondary N) is 2. The smallest absolute Gasteiger partial charge is 0.337 e. The highest BCUT2D eigenvalue weighted by atomic mass is 16.5. The van der Waals surface area contributed by atoms with Crippen molar-refractivity contribution in [2.75, 3.05) is 12.5 Å². The van der Waals surface area contributed by atoms with E-state index in [1.165, 1.54) is 7.11 Å². The summed E-state index contributed by atoms with van der Waals surface area (Å²) in [6.07, 6.45) is 0. The molecule has 0 bridgehead atoms. The lowest BCUT2D eigenvalue weighted by molar-refractivity contribution is -0.123. The van der Waals surface area contributed by atoms with E-state index in [-0.39, 0.29) is 17.8 Å². The molecule has 0 aliphatic carbocycles. The maximum atomic E-state index is 11.4. The van der Waals surface area contributed by atoms with Crippen molar-refractivity contribution in [1.29, 1.82) is 0 Å². The second kappa shape index (κ2) is 8.96. The van der Waals surface area contributed by atoms with Gasteiger partial charge in [-0.05, 0) is 30.7 Å². The molecule has 0 saturated carbocycles. The fourth-order valence-corrected chi connectivity index (χ4v) is 1.32. The molecule has 112 valence electrons. The van der Waals surface area contributed by atoms with Crippen LogP contribution in [-0.4, -0.2) is 19.0 Å². The summed E-state index contributed by atoms with van der Waals surface area (Å²) in [5.41, 5.74) is 7.50. The van der Waals surface area contributed by atoms with E-state index in [4.69, 9.17) is 0 Å². The molecule has 0 aliphatic heterocycles. The number of benzene rings is 1. The van der Waals surface area contributed by atoms with Crippen LogP contribution < -0.4 is 10.9 Å². The van der Waals surface area contributed by atoms with Crippen molar-refractivity contribution in [2.24, 2.45) is 5.92 Å². The molecule has 1 rings (SSSR count). The van der Waals surface area contributed by atoms with Crippen molar-refractivity contribution in [3.63, 3.8) is 0 Å². The number of amides is 1. The van der Waals surface area contributed by atoms with Crippen LogP contribution in [0, 0.1) is 12.8 Å². The number of carbonyl (C=O) groups is 2. The van der Waals surface area contributed by atoms with Gasteiger partial charge in [-0.2, -0.15) is 0 Å². The van der Waals surface area contributed by atoms with E-state index in [0.29, 0.717) is 5.56 Å². The third kappa shape index (κ3) is 5.30. The fraction of sp³-hybridized carbons (Fsp3) is 0.467. The molecule has 5 nitrogen and oxygen atoms in total. The van der Waals surface area contributed by atoms with Crippen LogP contribution in [0.1, 0.15) is 43.6 Å². The van der Waals surface area contributed by atoms with E-state index in [1.54, 1.807) is 18.2 Å². The Morgan fingerprint density at radius 2 is 1.80 bits per heavy atom. The topological polar surface area (TPSA) is 67.4 Å². The number of hydrogen-bond acceptors (Lipinski definition) is 4. The molecule has 0 unspecified atom stereocenters. The molecule has 0 aliphatic rings. The lowest BCUT2D eigenvalue weighted by Crippen LogP contribution is -2.33. The zero-order valence-corrected chi connectivity index (χ0v) is 13.0. The number of hydrogen-bond donors (Lipinski definition) is 2. The first-order valence-corrected chi connectivity index (χ1v) is 6.70. The average Bonchev–Trinajstić information content (AvgIpc) is 2.46. The van der Waals surface area contributed by atoms with E-state index in [9.17, 15) is 9.59 Å². The molecule has 5 heteroatoms. The minimum atomic E-state index is -0.379. The molecule has 0 heterocycles. The molecule has 1 aromatic rings. The Morgan fingerprint density at radius 1 is 1.20 bits per heavy atom. The van der Waals surface area contributed by atoms with Gasteiger partial charge in [0.05, 0.1) is 18.4 Å². The summed E-state index contributed by atoms with van der Waals surface area (Å²) in [4.78, 5) is 22.7. The highest BCUT2D eigenvalue weighted by Crippen LogP contribution is 2.16. The summed E-state index contributed by atoms with van der Waals surface area (Å²) in [7, 11) is 1.34. The molecule has 2 N–H and O–H groups in total. The fourth-order valence-electron chi connectivity index (χ4n) is 1.32. The minimum Gasteiger partial charge on any atom is -0.465 e. The standard InChI is InChI=1S/C13H18N2O3.C2H6/c1-8(2)12(16)15-14-11-6-5-10(7-9(11)3)13(17)18-4;1-2/h5-8,14H,1-4H3,(H,15,16);1-2H3. The second-order valence-corrected chi connectivity index (χ2v) is 4.29. The zero-order chi connectivity index (χ0) is 15.7. The molecular formula is C15H24N2O3. The SMILES string of the molecule is CC.COC(=O)c1ccc(NNC(=O)C(C)C)c(C)c1. The Morgan fingerprint density at radius 3 is 2.25 bits per heavy atom. The molecule has 0 spiro atoms. The number of rotatable bonds is 4. The summed E-state index contributed by atoms with van der Waals surface area (Å²) < 4.78 is 4.63. The van der Waals surface area contributed by atoms with E-state index < -0.39 is 0 Å². The van der Waals surface area contributed by atoms with Gasteiger partial charge in [-0.3, -0.25) is 15.6 Å². The van der Waals surface area contributed by atoms with Gasteiger partial charge in [0.1, 0.15) is 0 Å². The van der Waals surface area contributed by atoms with E-state index >= 15 is 0 Å². The first-order chi connectivity index (χ1) is 9.45. The lowest BCUT2D eigenvalue weighted by atomic mass is 10.1. The predicted molar refractivity (Wildman–Crippen MR) is 80.5 cm³/mol. The number of esters is 1. The van der Waals surface area contributed by atoms with Crippen molar-refractivity contribution < 1.29 is 14.3 Å². The number of hydrazine groups is 1. The number of carbonyl (C=O) groups excluding carboxylic acids is 2. The highest BCUT2D eigenvalue weighted by molar-refractivity contribution is 5.90. The summed E-state index contributed by atoms with van der Waals surface area (Å²) >= 11 is 0. The first kappa shape index (κ1) is 18.0. The van der Waals surface area contributed by atoms with Crippen LogP contribution in [0.15, 0.2) is 18.2 Å². The van der Waals surface area contributed by atoms with Gasteiger partial charge in [0.25, 0.3) is 0 Å². The Bertz CT molecular complexity index is 456. The monoisotopic (exact) mass is 280 g/mol. The molecule has 0 atom stereocenters. The van der Waals surface area contributed by atoms with Gasteiger partial charge in [-0.1, -0.05) is 27.7 Å². The van der Waals surface area contributed by atoms with Gasteiger partial charge >= 0.3 is 5.97 Å². The number of anilines is 1. The van der Waals surface area contributed by atoms with Gasteiger partial charge < -0.3 is 4.74 Å². The third-order valence-electron chi connectivity index (χ3n) is 2.49. The number of ether oxygens (including phenoxy) is 1. The molecule has 0 fully saturated rings. The van der Waals surface area contributed by atoms with Gasteiger partial charge in [0, 0.05) is 5.92 Å². The van der Waals surface area contributed by atoms with E-state index in [2.05, 4.69) is 15.6 Å². The van der Waals surface area contributed by atoms with Crippen molar-refractivity contribution >= 4 is 17.6 Å². The Hall–Kier alpha value is -2.04. The lowest BCUT2D eigenvalue weighted by Gasteiger charge is -2.13. The van der Waals surface area contributed by atoms with Crippen molar-refractivity contribution in [2.45, 2.75) is 34.6 Å². The van der Waals surface area contributed by atoms with Crippen molar-refractivity contribution in [3.8, 4) is 0 Å². The first-order valence-electron chi connectivity index (χ1n) is 6.70. The number of aryl methyl sites for hydroxylation is 1. The van der Waals surface area contributed by atoms with Crippen LogP contribution >= 0.6 is 0 Å². The third-order valence-corrected chi connectivity index (χ3v) is 2.49. The minimum absolute atomic E-state index is 0.0906. The summed E-state index contributed by atoms with van der Waals surface area (Å²) in [5.74, 6) is -0.561. The molecule has 20 heavy (non-hydrogen) atoms. The van der Waals surface area contributed by atoms with Crippen LogP contribution in [0.4, 0.5) is 5.69 Å². The van der Waals surface area contributed by atoms with Crippen LogP contribution in [0.5, 0.6) is 0 Å². The van der Waals surface area contributed by atoms with E-state index in [1.807, 2.05) is 34.6 Å². The maximum Gasteiger partial charge on any atom is 0.337 e. The van der Waals surface area contributed by atoms with Gasteiger partial charge in [0.15, 0.2) is 0 Å².